The van der Waals surface area contributed by atoms with Gasteiger partial charge in [-0.1, -0.05) is 13.5 Å². The molecule has 2 atom stereocenters. The van der Waals surface area contributed by atoms with Crippen molar-refractivity contribution < 1.29 is 14.3 Å². The highest BCUT2D eigenvalue weighted by molar-refractivity contribution is 7.99. The number of rotatable bonds is 4. The fraction of sp³-hybridized carbons (Fsp3) is 0.727. The smallest absolute Gasteiger partial charge is 0.333 e. The average molecular weight is 230 g/mol. The van der Waals surface area contributed by atoms with Crippen LogP contribution in [0.25, 0.3) is 0 Å². The van der Waals surface area contributed by atoms with Gasteiger partial charge in [-0.3, -0.25) is 0 Å². The van der Waals surface area contributed by atoms with Gasteiger partial charge in [-0.2, -0.15) is 11.8 Å². The molecule has 0 bridgehead atoms. The number of hydrogen-bond donors (Lipinski definition) is 0. The molecule has 0 aromatic carbocycles. The van der Waals surface area contributed by atoms with Crippen LogP contribution in [0.3, 0.4) is 0 Å². The fourth-order valence-corrected chi connectivity index (χ4v) is 3.20. The van der Waals surface area contributed by atoms with E-state index in [1.807, 2.05) is 6.92 Å². The summed E-state index contributed by atoms with van der Waals surface area (Å²) < 4.78 is 10.9. The van der Waals surface area contributed by atoms with Gasteiger partial charge in [0.05, 0.1) is 0 Å². The highest BCUT2D eigenvalue weighted by atomic mass is 32.2. The second-order valence-electron chi connectivity index (χ2n) is 3.83. The molecule has 1 rings (SSSR count). The second kappa shape index (κ2) is 5.03. The Kier molecular flexibility index (Phi) is 4.22. The van der Waals surface area contributed by atoms with Crippen molar-refractivity contribution in [3.63, 3.8) is 0 Å². The molecule has 1 saturated heterocycles. The molecule has 2 unspecified atom stereocenters. The molecule has 0 N–H and O–H groups in total. The SMILES string of the molecule is C=C(C)C(=O)OC1(CC)CSCC1OC. The maximum absolute atomic E-state index is 11.5. The molecular formula is C11H18O3S. The van der Waals surface area contributed by atoms with Crippen molar-refractivity contribution in [3.05, 3.63) is 12.2 Å². The standard InChI is InChI=1S/C11H18O3S/c1-5-11(14-10(12)8(2)3)7-15-6-9(11)13-4/h9H,2,5-7H2,1,3-4H3. The van der Waals surface area contributed by atoms with Crippen molar-refractivity contribution in [3.8, 4) is 0 Å². The molecule has 0 aromatic heterocycles. The summed E-state index contributed by atoms with van der Waals surface area (Å²) >= 11 is 1.76. The van der Waals surface area contributed by atoms with Crippen molar-refractivity contribution in [2.75, 3.05) is 18.6 Å². The third-order valence-corrected chi connectivity index (χ3v) is 3.96. The molecule has 1 heterocycles. The van der Waals surface area contributed by atoms with E-state index in [0.717, 1.165) is 17.9 Å². The van der Waals surface area contributed by atoms with E-state index >= 15 is 0 Å². The first-order valence-corrected chi connectivity index (χ1v) is 6.20. The molecule has 86 valence electrons. The molecular weight excluding hydrogens is 212 g/mol. The van der Waals surface area contributed by atoms with Crippen molar-refractivity contribution in [1.82, 2.24) is 0 Å². The van der Waals surface area contributed by atoms with E-state index in [-0.39, 0.29) is 12.1 Å². The zero-order chi connectivity index (χ0) is 11.5. The summed E-state index contributed by atoms with van der Waals surface area (Å²) in [5.41, 5.74) is -0.0234. The van der Waals surface area contributed by atoms with Crippen LogP contribution in [-0.4, -0.2) is 36.3 Å². The topological polar surface area (TPSA) is 35.5 Å². The zero-order valence-electron chi connectivity index (χ0n) is 9.54. The first kappa shape index (κ1) is 12.6. The van der Waals surface area contributed by atoms with E-state index < -0.39 is 5.60 Å². The summed E-state index contributed by atoms with van der Waals surface area (Å²) in [6, 6.07) is 0. The lowest BCUT2D eigenvalue weighted by Gasteiger charge is -2.32. The molecule has 0 spiro atoms. The number of carbonyl (C=O) groups excluding carboxylic acids is 1. The molecule has 1 aliphatic rings. The minimum atomic E-state index is -0.463. The molecule has 0 aromatic rings. The Balaban J connectivity index is 2.76. The number of methoxy groups -OCH3 is 1. The minimum Gasteiger partial charge on any atom is -0.452 e. The first-order valence-electron chi connectivity index (χ1n) is 5.05. The molecule has 3 nitrogen and oxygen atoms in total. The van der Waals surface area contributed by atoms with Crippen LogP contribution in [0.2, 0.25) is 0 Å². The highest BCUT2D eigenvalue weighted by Crippen LogP contribution is 2.36. The van der Waals surface area contributed by atoms with Crippen LogP contribution in [0, 0.1) is 0 Å². The molecule has 0 radical (unpaired) electrons. The fourth-order valence-electron chi connectivity index (χ4n) is 1.64. The number of hydrogen-bond acceptors (Lipinski definition) is 4. The van der Waals surface area contributed by atoms with Crippen LogP contribution < -0.4 is 0 Å². The Morgan fingerprint density at radius 3 is 2.80 bits per heavy atom. The lowest BCUT2D eigenvalue weighted by atomic mass is 9.96. The van der Waals surface area contributed by atoms with Crippen LogP contribution >= 0.6 is 11.8 Å². The molecule has 0 saturated carbocycles. The van der Waals surface area contributed by atoms with Gasteiger partial charge in [-0.05, 0) is 13.3 Å². The maximum atomic E-state index is 11.5. The second-order valence-corrected chi connectivity index (χ2v) is 4.86. The minimum absolute atomic E-state index is 0.00389. The van der Waals surface area contributed by atoms with Crippen molar-refractivity contribution >= 4 is 17.7 Å². The predicted molar refractivity (Wildman–Crippen MR) is 62.1 cm³/mol. The lowest BCUT2D eigenvalue weighted by Crippen LogP contribution is -2.46. The molecule has 1 aliphatic heterocycles. The third kappa shape index (κ3) is 2.55. The summed E-state index contributed by atoms with van der Waals surface area (Å²) in [7, 11) is 1.66. The van der Waals surface area contributed by atoms with Crippen LogP contribution in [0.4, 0.5) is 0 Å². The van der Waals surface area contributed by atoms with Gasteiger partial charge < -0.3 is 9.47 Å². The van der Waals surface area contributed by atoms with E-state index in [9.17, 15) is 4.79 Å². The summed E-state index contributed by atoms with van der Waals surface area (Å²) in [6.07, 6.45) is 0.771. The van der Waals surface area contributed by atoms with E-state index in [0.29, 0.717) is 5.57 Å². The van der Waals surface area contributed by atoms with Gasteiger partial charge in [0, 0.05) is 24.2 Å². The molecule has 15 heavy (non-hydrogen) atoms. The maximum Gasteiger partial charge on any atom is 0.333 e. The molecule has 0 aliphatic carbocycles. The first-order chi connectivity index (χ1) is 7.05. The number of thioether (sulfide) groups is 1. The Hall–Kier alpha value is -0.480. The zero-order valence-corrected chi connectivity index (χ0v) is 10.4. The highest BCUT2D eigenvalue weighted by Gasteiger charge is 2.46. The van der Waals surface area contributed by atoms with E-state index in [2.05, 4.69) is 6.58 Å². The summed E-state index contributed by atoms with van der Waals surface area (Å²) in [5.74, 6) is 1.37. The quantitative estimate of drug-likeness (QED) is 0.547. The van der Waals surface area contributed by atoms with Gasteiger partial charge in [0.25, 0.3) is 0 Å². The molecule has 0 amide bonds. The number of carbonyl (C=O) groups is 1. The number of ether oxygens (including phenoxy) is 2. The average Bonchev–Trinajstić information content (AvgIpc) is 2.61. The van der Waals surface area contributed by atoms with Gasteiger partial charge >= 0.3 is 5.97 Å². The van der Waals surface area contributed by atoms with E-state index in [4.69, 9.17) is 9.47 Å². The monoisotopic (exact) mass is 230 g/mol. The van der Waals surface area contributed by atoms with Gasteiger partial charge in [0.2, 0.25) is 0 Å². The van der Waals surface area contributed by atoms with Gasteiger partial charge in [-0.15, -0.1) is 0 Å². The largest absolute Gasteiger partial charge is 0.452 e. The normalized spacial score (nSPS) is 30.2. The van der Waals surface area contributed by atoms with Crippen molar-refractivity contribution in [2.24, 2.45) is 0 Å². The lowest BCUT2D eigenvalue weighted by molar-refractivity contribution is -0.164. The molecule has 4 heteroatoms. The Labute approximate surface area is 95.2 Å². The van der Waals surface area contributed by atoms with Crippen LogP contribution in [-0.2, 0) is 14.3 Å². The van der Waals surface area contributed by atoms with Gasteiger partial charge in [0.15, 0.2) is 0 Å². The Bertz CT molecular complexity index is 265. The Morgan fingerprint density at radius 1 is 1.67 bits per heavy atom. The van der Waals surface area contributed by atoms with Gasteiger partial charge in [0.1, 0.15) is 11.7 Å². The van der Waals surface area contributed by atoms with Gasteiger partial charge in [-0.25, -0.2) is 4.79 Å². The van der Waals surface area contributed by atoms with E-state index in [1.165, 1.54) is 0 Å². The summed E-state index contributed by atoms with van der Waals surface area (Å²) in [4.78, 5) is 11.5. The molecule has 1 fully saturated rings. The van der Waals surface area contributed by atoms with E-state index in [1.54, 1.807) is 25.8 Å². The Morgan fingerprint density at radius 2 is 2.33 bits per heavy atom. The third-order valence-electron chi connectivity index (χ3n) is 2.73. The summed E-state index contributed by atoms with van der Waals surface area (Å²) in [5, 5.41) is 0. The van der Waals surface area contributed by atoms with Crippen LogP contribution in [0.1, 0.15) is 20.3 Å². The van der Waals surface area contributed by atoms with Crippen LogP contribution in [0.5, 0.6) is 0 Å². The summed E-state index contributed by atoms with van der Waals surface area (Å²) in [6.45, 7) is 7.27. The van der Waals surface area contributed by atoms with Crippen molar-refractivity contribution in [1.29, 1.82) is 0 Å². The van der Waals surface area contributed by atoms with Crippen molar-refractivity contribution in [2.45, 2.75) is 32.0 Å². The van der Waals surface area contributed by atoms with Crippen LogP contribution in [0.15, 0.2) is 12.2 Å². The predicted octanol–water partition coefficient (Wildman–Crippen LogP) is 2.02. The number of esters is 1.